The van der Waals surface area contributed by atoms with Crippen molar-refractivity contribution in [2.45, 2.75) is 46.1 Å². The Hall–Kier alpha value is -3.37. The highest BCUT2D eigenvalue weighted by molar-refractivity contribution is 5.72. The van der Waals surface area contributed by atoms with Gasteiger partial charge in [-0.05, 0) is 71.4 Å². The minimum Gasteiger partial charge on any atom is -0.490 e. The van der Waals surface area contributed by atoms with Crippen LogP contribution in [-0.4, -0.2) is 30.4 Å². The molecule has 0 saturated carbocycles. The zero-order valence-corrected chi connectivity index (χ0v) is 20.5. The first-order chi connectivity index (χ1) is 16.4. The second-order valence-corrected chi connectivity index (χ2v) is 8.68. The van der Waals surface area contributed by atoms with Gasteiger partial charge in [-0.1, -0.05) is 74.5 Å². The summed E-state index contributed by atoms with van der Waals surface area (Å²) in [5.74, 6) is 0.338. The molecule has 4 nitrogen and oxygen atoms in total. The molecule has 0 aliphatic rings. The third-order valence-electron chi connectivity index (χ3n) is 5.88. The molecule has 0 radical (unpaired) electrons. The second-order valence-electron chi connectivity index (χ2n) is 8.68. The van der Waals surface area contributed by atoms with E-state index < -0.39 is 12.1 Å². The maximum Gasteiger partial charge on any atom is 0.333 e. The highest BCUT2D eigenvalue weighted by Gasteiger charge is 2.17. The van der Waals surface area contributed by atoms with Gasteiger partial charge in [0.15, 0.2) is 6.10 Å². The molecule has 0 bridgehead atoms. The topological polar surface area (TPSA) is 55.8 Å². The molecule has 178 valence electrons. The number of rotatable bonds is 11. The molecule has 1 unspecified atom stereocenters. The Kier molecular flexibility index (Phi) is 9.06. The van der Waals surface area contributed by atoms with Gasteiger partial charge in [-0.25, -0.2) is 4.79 Å². The Morgan fingerprint density at radius 3 is 2.03 bits per heavy atom. The largest absolute Gasteiger partial charge is 0.490 e. The van der Waals surface area contributed by atoms with Gasteiger partial charge in [-0.15, -0.1) is 0 Å². The summed E-state index contributed by atoms with van der Waals surface area (Å²) >= 11 is 0. The minimum absolute atomic E-state index is 0.334. The third kappa shape index (κ3) is 7.06. The van der Waals surface area contributed by atoms with Crippen LogP contribution in [0, 0.1) is 0 Å². The van der Waals surface area contributed by atoms with E-state index in [9.17, 15) is 9.90 Å². The Bertz CT molecular complexity index is 1080. The minimum atomic E-state index is -0.945. The van der Waals surface area contributed by atoms with Gasteiger partial charge in [0.1, 0.15) is 12.4 Å². The predicted molar refractivity (Wildman–Crippen MR) is 138 cm³/mol. The van der Waals surface area contributed by atoms with Crippen molar-refractivity contribution >= 4 is 11.5 Å². The number of allylic oxidation sites excluding steroid dienone is 1. The molecule has 1 atom stereocenters. The third-order valence-corrected chi connectivity index (χ3v) is 5.88. The van der Waals surface area contributed by atoms with Crippen LogP contribution in [0.4, 0.5) is 0 Å². The lowest BCUT2D eigenvalue weighted by Crippen LogP contribution is -2.26. The van der Waals surface area contributed by atoms with Crippen LogP contribution in [0.1, 0.15) is 50.3 Å². The van der Waals surface area contributed by atoms with E-state index in [0.717, 1.165) is 22.4 Å². The Balaban J connectivity index is 1.55. The number of hydrogen-bond acceptors (Lipinski definition) is 3. The van der Waals surface area contributed by atoms with E-state index in [1.165, 1.54) is 16.7 Å². The first kappa shape index (κ1) is 25.3. The summed E-state index contributed by atoms with van der Waals surface area (Å²) in [4.78, 5) is 11.3. The summed E-state index contributed by atoms with van der Waals surface area (Å²) in [6.07, 6.45) is 1.57. The average Bonchev–Trinajstić information content (AvgIpc) is 2.85. The first-order valence-electron chi connectivity index (χ1n) is 11.8. The second kappa shape index (κ2) is 12.2. The fraction of sp³-hybridized carbons (Fsp3) is 0.300. The molecule has 0 heterocycles. The van der Waals surface area contributed by atoms with Crippen molar-refractivity contribution < 1.29 is 19.4 Å². The standard InChI is InChI=1S/C30H34O4/c1-5-33-29(30(31)32)20-23-6-16-28(17-7-23)34-19-18-22(4)25-10-14-27(15-11-25)26-12-8-24(9-13-26)21(2)3/h6-18,21,29H,5,19-20H2,1-4H3,(H,31,32)/b22-18+. The van der Waals surface area contributed by atoms with Crippen molar-refractivity contribution in [2.75, 3.05) is 13.2 Å². The van der Waals surface area contributed by atoms with E-state index >= 15 is 0 Å². The van der Waals surface area contributed by atoms with Gasteiger partial charge < -0.3 is 14.6 Å². The molecule has 0 saturated heterocycles. The average molecular weight is 459 g/mol. The Morgan fingerprint density at radius 2 is 1.50 bits per heavy atom. The highest BCUT2D eigenvalue weighted by Crippen LogP contribution is 2.25. The molecular formula is C30H34O4. The number of carbonyl (C=O) groups is 1. The van der Waals surface area contributed by atoms with Gasteiger partial charge in [-0.2, -0.15) is 0 Å². The maximum atomic E-state index is 11.3. The predicted octanol–water partition coefficient (Wildman–Crippen LogP) is 6.99. The van der Waals surface area contributed by atoms with Crippen molar-refractivity contribution in [3.05, 3.63) is 95.6 Å². The number of ether oxygens (including phenoxy) is 2. The SMILES string of the molecule is CCOC(Cc1ccc(OC/C=C(\C)c2ccc(-c3ccc(C(C)C)cc3)cc2)cc1)C(=O)O. The van der Waals surface area contributed by atoms with Crippen LogP contribution in [0.15, 0.2) is 78.9 Å². The zero-order valence-electron chi connectivity index (χ0n) is 20.5. The lowest BCUT2D eigenvalue weighted by atomic mass is 9.97. The van der Waals surface area contributed by atoms with E-state index in [-0.39, 0.29) is 0 Å². The lowest BCUT2D eigenvalue weighted by molar-refractivity contribution is -0.149. The molecule has 0 amide bonds. The van der Waals surface area contributed by atoms with E-state index in [1.807, 2.05) is 24.3 Å². The summed E-state index contributed by atoms with van der Waals surface area (Å²) in [6.45, 7) is 9.12. The molecule has 0 aliphatic carbocycles. The highest BCUT2D eigenvalue weighted by atomic mass is 16.5. The first-order valence-corrected chi connectivity index (χ1v) is 11.8. The summed E-state index contributed by atoms with van der Waals surface area (Å²) in [5.41, 5.74) is 7.00. The van der Waals surface area contributed by atoms with Crippen molar-refractivity contribution in [2.24, 2.45) is 0 Å². The summed E-state index contributed by atoms with van der Waals surface area (Å²) < 4.78 is 11.1. The van der Waals surface area contributed by atoms with Crippen LogP contribution in [0.5, 0.6) is 5.75 Å². The monoisotopic (exact) mass is 458 g/mol. The molecule has 1 N–H and O–H groups in total. The van der Waals surface area contributed by atoms with Crippen LogP contribution in [-0.2, 0) is 16.0 Å². The van der Waals surface area contributed by atoms with Gasteiger partial charge >= 0.3 is 5.97 Å². The number of benzene rings is 3. The molecule has 0 aromatic heterocycles. The van der Waals surface area contributed by atoms with Crippen molar-refractivity contribution in [1.82, 2.24) is 0 Å². The van der Waals surface area contributed by atoms with Gasteiger partial charge in [-0.3, -0.25) is 0 Å². The quantitative estimate of drug-likeness (QED) is 0.336. The van der Waals surface area contributed by atoms with Crippen LogP contribution in [0.3, 0.4) is 0 Å². The molecule has 0 spiro atoms. The van der Waals surface area contributed by atoms with Crippen LogP contribution >= 0.6 is 0 Å². The van der Waals surface area contributed by atoms with Crippen LogP contribution in [0.25, 0.3) is 16.7 Å². The summed E-state index contributed by atoms with van der Waals surface area (Å²) in [6, 6.07) is 24.9. The number of carboxylic acid groups (broad SMARTS) is 1. The number of aliphatic carboxylic acids is 1. The Labute approximate surface area is 202 Å². The maximum absolute atomic E-state index is 11.3. The van der Waals surface area contributed by atoms with Gasteiger partial charge in [0.05, 0.1) is 0 Å². The van der Waals surface area contributed by atoms with E-state index in [1.54, 1.807) is 6.92 Å². The Morgan fingerprint density at radius 1 is 0.912 bits per heavy atom. The van der Waals surface area contributed by atoms with E-state index in [0.29, 0.717) is 25.6 Å². The molecule has 4 heteroatoms. The molecule has 0 aliphatic heterocycles. The summed E-state index contributed by atoms with van der Waals surface area (Å²) in [5, 5.41) is 9.23. The van der Waals surface area contributed by atoms with Crippen molar-refractivity contribution in [1.29, 1.82) is 0 Å². The fourth-order valence-corrected chi connectivity index (χ4v) is 3.72. The van der Waals surface area contributed by atoms with Gasteiger partial charge in [0, 0.05) is 13.0 Å². The molecule has 3 aromatic rings. The fourth-order valence-electron chi connectivity index (χ4n) is 3.72. The molecule has 0 fully saturated rings. The normalized spacial score (nSPS) is 12.6. The van der Waals surface area contributed by atoms with Gasteiger partial charge in [0.2, 0.25) is 0 Å². The molecule has 3 aromatic carbocycles. The van der Waals surface area contributed by atoms with Crippen LogP contribution < -0.4 is 4.74 Å². The van der Waals surface area contributed by atoms with Crippen molar-refractivity contribution in [3.63, 3.8) is 0 Å². The van der Waals surface area contributed by atoms with Gasteiger partial charge in [0.25, 0.3) is 0 Å². The van der Waals surface area contributed by atoms with E-state index in [2.05, 4.69) is 75.4 Å². The number of carboxylic acids is 1. The molecular weight excluding hydrogens is 424 g/mol. The van der Waals surface area contributed by atoms with E-state index in [4.69, 9.17) is 9.47 Å². The van der Waals surface area contributed by atoms with Crippen molar-refractivity contribution in [3.8, 4) is 16.9 Å². The summed E-state index contributed by atoms with van der Waals surface area (Å²) in [7, 11) is 0. The molecule has 3 rings (SSSR count). The molecule has 34 heavy (non-hydrogen) atoms. The smallest absolute Gasteiger partial charge is 0.333 e. The number of hydrogen-bond donors (Lipinski definition) is 1. The van der Waals surface area contributed by atoms with Crippen LogP contribution in [0.2, 0.25) is 0 Å². The lowest BCUT2D eigenvalue weighted by Gasteiger charge is -2.12. The zero-order chi connectivity index (χ0) is 24.5.